The number of hydrogen-bond donors (Lipinski definition) is 1. The van der Waals surface area contributed by atoms with Crippen molar-refractivity contribution in [2.45, 2.75) is 18.7 Å². The van der Waals surface area contributed by atoms with Gasteiger partial charge in [-0.15, -0.1) is 11.8 Å². The first-order chi connectivity index (χ1) is 10.0. The minimum Gasteiger partial charge on any atom is -0.478 e. The van der Waals surface area contributed by atoms with Crippen LogP contribution in [0.5, 0.6) is 0 Å². The maximum atomic E-state index is 11.7. The topological polar surface area (TPSA) is 40.5 Å². The van der Waals surface area contributed by atoms with Crippen LogP contribution in [0, 0.1) is 6.92 Å². The first-order valence-electron chi connectivity index (χ1n) is 6.84. The van der Waals surface area contributed by atoms with Gasteiger partial charge in [-0.3, -0.25) is 0 Å². The summed E-state index contributed by atoms with van der Waals surface area (Å²) in [5.41, 5.74) is 3.21. The molecule has 0 atom stereocenters. The van der Waals surface area contributed by atoms with E-state index in [0.717, 1.165) is 21.9 Å². The number of carboxylic acid groups (broad SMARTS) is 1. The molecular weight excluding hydrogens is 282 g/mol. The van der Waals surface area contributed by atoms with Crippen molar-refractivity contribution in [2.75, 3.05) is 17.7 Å². The van der Waals surface area contributed by atoms with E-state index in [1.165, 1.54) is 0 Å². The predicted octanol–water partition coefficient (Wildman–Crippen LogP) is 4.57. The molecular formula is C17H19NO2S. The van der Waals surface area contributed by atoms with Gasteiger partial charge in [-0.05, 0) is 42.5 Å². The van der Waals surface area contributed by atoms with Gasteiger partial charge in [0.1, 0.15) is 0 Å². The van der Waals surface area contributed by atoms with Gasteiger partial charge in [0, 0.05) is 17.6 Å². The molecule has 0 bridgehead atoms. The summed E-state index contributed by atoms with van der Waals surface area (Å²) in [4.78, 5) is 14.4. The fourth-order valence-electron chi connectivity index (χ4n) is 2.27. The smallest absolute Gasteiger partial charge is 0.338 e. The Hall–Kier alpha value is -1.94. The molecule has 0 heterocycles. The van der Waals surface area contributed by atoms with Crippen LogP contribution < -0.4 is 4.90 Å². The van der Waals surface area contributed by atoms with Crippen LogP contribution in [0.15, 0.2) is 47.4 Å². The Balaban J connectivity index is 2.52. The highest BCUT2D eigenvalue weighted by molar-refractivity contribution is 7.99. The predicted molar refractivity (Wildman–Crippen MR) is 89.0 cm³/mol. The lowest BCUT2D eigenvalue weighted by molar-refractivity contribution is 0.0694. The molecule has 4 heteroatoms. The Morgan fingerprint density at radius 1 is 1.24 bits per heavy atom. The van der Waals surface area contributed by atoms with E-state index in [1.54, 1.807) is 11.8 Å². The normalized spacial score (nSPS) is 10.4. The first kappa shape index (κ1) is 15.4. The Labute approximate surface area is 129 Å². The molecule has 0 aliphatic carbocycles. The van der Waals surface area contributed by atoms with Crippen molar-refractivity contribution in [1.82, 2.24) is 0 Å². The first-order valence-corrected chi connectivity index (χ1v) is 7.82. The third-order valence-electron chi connectivity index (χ3n) is 3.27. The number of anilines is 2. The quantitative estimate of drug-likeness (QED) is 0.821. The zero-order valence-corrected chi connectivity index (χ0v) is 13.3. The minimum absolute atomic E-state index is 0.369. The number of thioether (sulfide) groups is 1. The molecule has 0 aliphatic heterocycles. The highest BCUT2D eigenvalue weighted by atomic mass is 32.2. The Bertz CT molecular complexity index is 655. The van der Waals surface area contributed by atoms with Crippen LogP contribution in [-0.2, 0) is 0 Å². The van der Waals surface area contributed by atoms with Crippen molar-refractivity contribution in [3.63, 3.8) is 0 Å². The fraction of sp³-hybridized carbons (Fsp3) is 0.235. The van der Waals surface area contributed by atoms with E-state index in [0.29, 0.717) is 11.3 Å². The lowest BCUT2D eigenvalue weighted by Crippen LogP contribution is -2.15. The largest absolute Gasteiger partial charge is 0.478 e. The number of carbonyl (C=O) groups is 1. The summed E-state index contributed by atoms with van der Waals surface area (Å²) in [7, 11) is 1.90. The molecule has 0 amide bonds. The number of rotatable bonds is 5. The molecule has 0 unspecified atom stereocenters. The van der Waals surface area contributed by atoms with Crippen LogP contribution in [0.3, 0.4) is 0 Å². The van der Waals surface area contributed by atoms with Gasteiger partial charge in [0.25, 0.3) is 0 Å². The van der Waals surface area contributed by atoms with Crippen molar-refractivity contribution in [2.24, 2.45) is 0 Å². The molecule has 0 saturated heterocycles. The maximum Gasteiger partial charge on any atom is 0.338 e. The van der Waals surface area contributed by atoms with Gasteiger partial charge in [0.05, 0.1) is 11.3 Å². The van der Waals surface area contributed by atoms with Crippen LogP contribution in [-0.4, -0.2) is 23.9 Å². The lowest BCUT2D eigenvalue weighted by atomic mass is 10.1. The second kappa shape index (κ2) is 6.68. The molecule has 1 N–H and O–H groups in total. The SMILES string of the molecule is CCSc1cccc(N(C)c2cccc(C)c2)c1C(=O)O. The van der Waals surface area contributed by atoms with Crippen molar-refractivity contribution >= 4 is 29.1 Å². The molecule has 0 aromatic heterocycles. The van der Waals surface area contributed by atoms with Gasteiger partial charge in [0.15, 0.2) is 0 Å². The molecule has 2 aromatic carbocycles. The van der Waals surface area contributed by atoms with E-state index in [4.69, 9.17) is 0 Å². The molecule has 0 spiro atoms. The number of aromatic carboxylic acids is 1. The van der Waals surface area contributed by atoms with E-state index in [2.05, 4.69) is 0 Å². The highest BCUT2D eigenvalue weighted by Crippen LogP contribution is 2.33. The van der Waals surface area contributed by atoms with Gasteiger partial charge in [-0.2, -0.15) is 0 Å². The lowest BCUT2D eigenvalue weighted by Gasteiger charge is -2.23. The van der Waals surface area contributed by atoms with E-state index in [-0.39, 0.29) is 0 Å². The molecule has 0 aliphatic rings. The van der Waals surface area contributed by atoms with Gasteiger partial charge >= 0.3 is 5.97 Å². The molecule has 2 rings (SSSR count). The molecule has 110 valence electrons. The average molecular weight is 301 g/mol. The van der Waals surface area contributed by atoms with Gasteiger partial charge in [0.2, 0.25) is 0 Å². The van der Waals surface area contributed by atoms with Gasteiger partial charge in [-0.25, -0.2) is 4.79 Å². The number of benzene rings is 2. The summed E-state index contributed by atoms with van der Waals surface area (Å²) >= 11 is 1.55. The second-order valence-electron chi connectivity index (χ2n) is 4.79. The molecule has 0 radical (unpaired) electrons. The molecule has 0 saturated carbocycles. The summed E-state index contributed by atoms with van der Waals surface area (Å²) in [6, 6.07) is 13.7. The number of carboxylic acids is 1. The van der Waals surface area contributed by atoms with Crippen molar-refractivity contribution < 1.29 is 9.90 Å². The maximum absolute atomic E-state index is 11.7. The van der Waals surface area contributed by atoms with E-state index >= 15 is 0 Å². The van der Waals surface area contributed by atoms with Crippen molar-refractivity contribution in [1.29, 1.82) is 0 Å². The standard InChI is InChI=1S/C17H19NO2S/c1-4-21-15-10-6-9-14(16(15)17(19)20)18(3)13-8-5-7-12(2)11-13/h5-11H,4H2,1-3H3,(H,19,20). The van der Waals surface area contributed by atoms with Crippen LogP contribution in [0.25, 0.3) is 0 Å². The third kappa shape index (κ3) is 3.39. The van der Waals surface area contributed by atoms with Crippen molar-refractivity contribution in [3.8, 4) is 0 Å². The third-order valence-corrected chi connectivity index (χ3v) is 4.21. The van der Waals surface area contributed by atoms with E-state index in [1.807, 2.05) is 68.3 Å². The minimum atomic E-state index is -0.888. The number of nitrogens with zero attached hydrogens (tertiary/aromatic N) is 1. The second-order valence-corrected chi connectivity index (χ2v) is 6.09. The van der Waals surface area contributed by atoms with Crippen LogP contribution in [0.2, 0.25) is 0 Å². The van der Waals surface area contributed by atoms with Gasteiger partial charge < -0.3 is 10.0 Å². The van der Waals surface area contributed by atoms with Crippen LogP contribution in [0.1, 0.15) is 22.8 Å². The Morgan fingerprint density at radius 2 is 1.95 bits per heavy atom. The monoisotopic (exact) mass is 301 g/mol. The zero-order valence-electron chi connectivity index (χ0n) is 12.5. The summed E-state index contributed by atoms with van der Waals surface area (Å²) in [5, 5.41) is 9.58. The summed E-state index contributed by atoms with van der Waals surface area (Å²) < 4.78 is 0. The Morgan fingerprint density at radius 3 is 2.57 bits per heavy atom. The summed E-state index contributed by atoms with van der Waals surface area (Å²) in [6.07, 6.45) is 0. The Kier molecular flexibility index (Phi) is 4.91. The number of aryl methyl sites for hydroxylation is 1. The van der Waals surface area contributed by atoms with Gasteiger partial charge in [-0.1, -0.05) is 25.1 Å². The van der Waals surface area contributed by atoms with Crippen LogP contribution >= 0.6 is 11.8 Å². The van der Waals surface area contributed by atoms with E-state index < -0.39 is 5.97 Å². The molecule has 3 nitrogen and oxygen atoms in total. The summed E-state index contributed by atoms with van der Waals surface area (Å²) in [6.45, 7) is 4.05. The molecule has 2 aromatic rings. The fourth-order valence-corrected chi connectivity index (χ4v) is 3.09. The number of hydrogen-bond acceptors (Lipinski definition) is 3. The van der Waals surface area contributed by atoms with Crippen LogP contribution in [0.4, 0.5) is 11.4 Å². The van der Waals surface area contributed by atoms with Crippen molar-refractivity contribution in [3.05, 3.63) is 53.6 Å². The highest BCUT2D eigenvalue weighted by Gasteiger charge is 2.18. The zero-order chi connectivity index (χ0) is 15.4. The molecule has 21 heavy (non-hydrogen) atoms. The summed E-state index contributed by atoms with van der Waals surface area (Å²) in [5.74, 6) is -0.0428. The molecule has 0 fully saturated rings. The average Bonchev–Trinajstić information content (AvgIpc) is 2.46. The van der Waals surface area contributed by atoms with E-state index in [9.17, 15) is 9.90 Å².